The number of rotatable bonds is 2. The summed E-state index contributed by atoms with van der Waals surface area (Å²) >= 11 is 0. The van der Waals surface area contributed by atoms with E-state index in [4.69, 9.17) is 10.2 Å². The molecule has 1 atom stereocenters. The van der Waals surface area contributed by atoms with Crippen LogP contribution in [-0.4, -0.2) is 48.5 Å². The minimum Gasteiger partial charge on any atom is -0.397 e. The summed E-state index contributed by atoms with van der Waals surface area (Å²) < 4.78 is 0. The first kappa shape index (κ1) is 17.1. The summed E-state index contributed by atoms with van der Waals surface area (Å²) in [7, 11) is 3.87. The maximum atomic E-state index is 8.68. The van der Waals surface area contributed by atoms with Crippen molar-refractivity contribution in [3.8, 4) is 0 Å². The predicted molar refractivity (Wildman–Crippen MR) is 48.0 cm³/mol. The maximum absolute atomic E-state index is 8.68. The van der Waals surface area contributed by atoms with Crippen LogP contribution in [0.2, 0.25) is 0 Å². The lowest BCUT2D eigenvalue weighted by Crippen LogP contribution is -2.22. The fourth-order valence-electron chi connectivity index (χ4n) is 0.528. The number of aliphatic hydroxyl groups excluding tert-OH is 2. The van der Waals surface area contributed by atoms with Crippen molar-refractivity contribution in [2.75, 3.05) is 27.2 Å². The Hall–Kier alpha value is -0.160. The van der Waals surface area contributed by atoms with Gasteiger partial charge in [0.25, 0.3) is 0 Å². The van der Waals surface area contributed by atoms with E-state index in [2.05, 4.69) is 0 Å². The third kappa shape index (κ3) is 41.0. The molecule has 72 valence electrons. The van der Waals surface area contributed by atoms with Crippen LogP contribution in [0.5, 0.6) is 0 Å². The van der Waals surface area contributed by atoms with E-state index in [1.807, 2.05) is 19.0 Å². The van der Waals surface area contributed by atoms with Gasteiger partial charge in [-0.15, -0.1) is 0 Å². The van der Waals surface area contributed by atoms with Crippen molar-refractivity contribution in [2.24, 2.45) is 0 Å². The average Bonchev–Trinajstić information content (AvgIpc) is 1.62. The SMILES string of the molecule is CC(O)CN(C)C.CCO.N. The summed E-state index contributed by atoms with van der Waals surface area (Å²) in [4.78, 5) is 1.95. The molecule has 0 bridgehead atoms. The first-order chi connectivity index (χ1) is 4.54. The Morgan fingerprint density at radius 3 is 1.64 bits per heavy atom. The Labute approximate surface area is 69.4 Å². The Kier molecular flexibility index (Phi) is 19.4. The van der Waals surface area contributed by atoms with E-state index in [1.54, 1.807) is 13.8 Å². The molecule has 0 aliphatic rings. The monoisotopic (exact) mass is 166 g/mol. The van der Waals surface area contributed by atoms with Crippen LogP contribution in [0, 0.1) is 0 Å². The molecule has 0 aromatic rings. The zero-order valence-corrected chi connectivity index (χ0v) is 8.04. The highest BCUT2D eigenvalue weighted by Crippen LogP contribution is 1.80. The third-order valence-electron chi connectivity index (χ3n) is 0.629. The van der Waals surface area contributed by atoms with Crippen molar-refractivity contribution in [3.63, 3.8) is 0 Å². The van der Waals surface area contributed by atoms with Crippen molar-refractivity contribution >= 4 is 0 Å². The van der Waals surface area contributed by atoms with Crippen LogP contribution in [0.1, 0.15) is 13.8 Å². The Morgan fingerprint density at radius 2 is 1.64 bits per heavy atom. The zero-order valence-electron chi connectivity index (χ0n) is 8.04. The lowest BCUT2D eigenvalue weighted by Gasteiger charge is -2.10. The smallest absolute Gasteiger partial charge is 0.0638 e. The van der Waals surface area contributed by atoms with Crippen LogP contribution < -0.4 is 6.15 Å². The molecule has 0 saturated carbocycles. The molecule has 0 fully saturated rings. The molecule has 0 amide bonds. The average molecular weight is 166 g/mol. The minimum absolute atomic E-state index is 0. The first-order valence-corrected chi connectivity index (χ1v) is 3.48. The zero-order chi connectivity index (χ0) is 8.57. The number of aliphatic hydroxyl groups is 2. The number of hydrogen-bond donors (Lipinski definition) is 3. The number of hydrogen-bond acceptors (Lipinski definition) is 4. The first-order valence-electron chi connectivity index (χ1n) is 3.48. The maximum Gasteiger partial charge on any atom is 0.0638 e. The van der Waals surface area contributed by atoms with Crippen LogP contribution in [-0.2, 0) is 0 Å². The van der Waals surface area contributed by atoms with Gasteiger partial charge in [0.15, 0.2) is 0 Å². The number of nitrogens with zero attached hydrogens (tertiary/aromatic N) is 1. The molecule has 0 rings (SSSR count). The summed E-state index contributed by atoms with van der Waals surface area (Å²) in [5.74, 6) is 0. The highest BCUT2D eigenvalue weighted by molar-refractivity contribution is 4.48. The Balaban J connectivity index is -0.000000140. The molecule has 1 unspecified atom stereocenters. The molecule has 0 aliphatic heterocycles. The van der Waals surface area contributed by atoms with Crippen molar-refractivity contribution in [2.45, 2.75) is 20.0 Å². The summed E-state index contributed by atoms with van der Waals surface area (Å²) in [5, 5.41) is 16.3. The molecule has 5 N–H and O–H groups in total. The molecule has 4 nitrogen and oxygen atoms in total. The van der Waals surface area contributed by atoms with Gasteiger partial charge in [-0.2, -0.15) is 0 Å². The van der Waals surface area contributed by atoms with Crippen LogP contribution in [0.15, 0.2) is 0 Å². The van der Waals surface area contributed by atoms with E-state index < -0.39 is 0 Å². The molecular weight excluding hydrogens is 144 g/mol. The van der Waals surface area contributed by atoms with Crippen molar-refractivity contribution in [3.05, 3.63) is 0 Å². The highest BCUT2D eigenvalue weighted by atomic mass is 16.3. The van der Waals surface area contributed by atoms with E-state index in [0.29, 0.717) is 0 Å². The molecule has 0 saturated heterocycles. The fraction of sp³-hybridized carbons (Fsp3) is 1.00. The van der Waals surface area contributed by atoms with Crippen LogP contribution in [0.25, 0.3) is 0 Å². The van der Waals surface area contributed by atoms with Crippen molar-refractivity contribution < 1.29 is 10.2 Å². The van der Waals surface area contributed by atoms with E-state index >= 15 is 0 Å². The topological polar surface area (TPSA) is 78.7 Å². The van der Waals surface area contributed by atoms with Gasteiger partial charge in [-0.25, -0.2) is 0 Å². The van der Waals surface area contributed by atoms with Gasteiger partial charge in [0.1, 0.15) is 0 Å². The van der Waals surface area contributed by atoms with Crippen molar-refractivity contribution in [1.29, 1.82) is 0 Å². The van der Waals surface area contributed by atoms with Gasteiger partial charge in [-0.3, -0.25) is 0 Å². The summed E-state index contributed by atoms with van der Waals surface area (Å²) in [5.41, 5.74) is 0. The molecule has 0 aliphatic carbocycles. The second-order valence-corrected chi connectivity index (χ2v) is 2.43. The predicted octanol–water partition coefficient (Wildman–Crippen LogP) is 0.0894. The van der Waals surface area contributed by atoms with Gasteiger partial charge < -0.3 is 21.3 Å². The Morgan fingerprint density at radius 1 is 1.36 bits per heavy atom. The molecule has 0 heterocycles. The van der Waals surface area contributed by atoms with Crippen LogP contribution in [0.4, 0.5) is 0 Å². The molecule has 11 heavy (non-hydrogen) atoms. The van der Waals surface area contributed by atoms with Crippen LogP contribution >= 0.6 is 0 Å². The summed E-state index contributed by atoms with van der Waals surface area (Å²) in [6.45, 7) is 4.46. The van der Waals surface area contributed by atoms with Crippen molar-refractivity contribution in [1.82, 2.24) is 11.1 Å². The summed E-state index contributed by atoms with van der Waals surface area (Å²) in [6.07, 6.45) is -0.199. The van der Waals surface area contributed by atoms with Gasteiger partial charge in [0, 0.05) is 13.2 Å². The van der Waals surface area contributed by atoms with Gasteiger partial charge in [-0.1, -0.05) is 0 Å². The third-order valence-corrected chi connectivity index (χ3v) is 0.629. The quantitative estimate of drug-likeness (QED) is 0.543. The standard InChI is InChI=1S/C5H13NO.C2H6O.H3N/c1-5(7)4-6(2)3;1-2-3;/h5,7H,4H2,1-3H3;3H,2H2,1H3;1H3. The Bertz CT molecular complexity index is 52.4. The van der Waals surface area contributed by atoms with Crippen LogP contribution in [0.3, 0.4) is 0 Å². The van der Waals surface area contributed by atoms with E-state index in [1.165, 1.54) is 0 Å². The molecular formula is C7H22N2O2. The molecule has 0 spiro atoms. The molecule has 4 heteroatoms. The number of likely N-dealkylation sites (N-methyl/N-ethyl adjacent to an activating group) is 1. The van der Waals surface area contributed by atoms with Gasteiger partial charge in [0.2, 0.25) is 0 Å². The van der Waals surface area contributed by atoms with Gasteiger partial charge in [0.05, 0.1) is 6.10 Å². The van der Waals surface area contributed by atoms with E-state index in [9.17, 15) is 0 Å². The lowest BCUT2D eigenvalue weighted by atomic mass is 10.4. The van der Waals surface area contributed by atoms with Gasteiger partial charge >= 0.3 is 0 Å². The largest absolute Gasteiger partial charge is 0.397 e. The van der Waals surface area contributed by atoms with E-state index in [0.717, 1.165) is 6.54 Å². The normalized spacial score (nSPS) is 11.2. The summed E-state index contributed by atoms with van der Waals surface area (Å²) in [6, 6.07) is 0. The lowest BCUT2D eigenvalue weighted by molar-refractivity contribution is 0.154. The minimum atomic E-state index is -0.199. The fourth-order valence-corrected chi connectivity index (χ4v) is 0.528. The highest BCUT2D eigenvalue weighted by Gasteiger charge is 1.93. The van der Waals surface area contributed by atoms with Gasteiger partial charge in [-0.05, 0) is 27.9 Å². The van der Waals surface area contributed by atoms with E-state index in [-0.39, 0.29) is 18.9 Å². The molecule has 0 aromatic carbocycles. The molecule has 0 radical (unpaired) electrons. The second kappa shape index (κ2) is 12.5. The second-order valence-electron chi connectivity index (χ2n) is 2.43. The molecule has 0 aromatic heterocycles.